The van der Waals surface area contributed by atoms with Gasteiger partial charge in [-0.15, -0.1) is 0 Å². The lowest BCUT2D eigenvalue weighted by atomic mass is 10.2. The largest absolute Gasteiger partial charge is 0.636 e. The van der Waals surface area contributed by atoms with Crippen LogP contribution < -0.4 is 0 Å². The van der Waals surface area contributed by atoms with Gasteiger partial charge in [0.2, 0.25) is 0 Å². The average Bonchev–Trinajstić information content (AvgIpc) is 1.88. The smallest absolute Gasteiger partial charge is 0.402 e. The van der Waals surface area contributed by atoms with Gasteiger partial charge in [-0.25, -0.2) is 0 Å². The molecular formula is C6H15BO3. The molecule has 1 N–H and O–H groups in total. The van der Waals surface area contributed by atoms with Crippen LogP contribution in [0.2, 0.25) is 0 Å². The van der Waals surface area contributed by atoms with Gasteiger partial charge in [-0.2, -0.15) is 0 Å². The minimum absolute atomic E-state index is 0.0694. The molecule has 0 amide bonds. The van der Waals surface area contributed by atoms with Crippen LogP contribution in [-0.2, 0) is 9.31 Å². The van der Waals surface area contributed by atoms with Crippen LogP contribution in [0.4, 0.5) is 0 Å². The van der Waals surface area contributed by atoms with Crippen molar-refractivity contribution in [3.05, 3.63) is 0 Å². The van der Waals surface area contributed by atoms with Crippen molar-refractivity contribution < 1.29 is 14.3 Å². The maximum Gasteiger partial charge on any atom is 0.636 e. The number of rotatable bonds is 5. The molecule has 1 unspecified atom stereocenters. The Hall–Kier alpha value is -0.0551. The van der Waals surface area contributed by atoms with Gasteiger partial charge >= 0.3 is 7.32 Å². The highest BCUT2D eigenvalue weighted by Crippen LogP contribution is 2.01. The Bertz CT molecular complexity index is 79.4. The fourth-order valence-electron chi connectivity index (χ4n) is 0.729. The lowest BCUT2D eigenvalue weighted by Crippen LogP contribution is -2.25. The molecule has 0 aliphatic heterocycles. The van der Waals surface area contributed by atoms with Crippen LogP contribution in [-0.4, -0.2) is 25.6 Å². The van der Waals surface area contributed by atoms with Crippen LogP contribution in [0.1, 0.15) is 26.7 Å². The second-order valence-corrected chi connectivity index (χ2v) is 2.28. The van der Waals surface area contributed by atoms with Gasteiger partial charge in [0.15, 0.2) is 0 Å². The van der Waals surface area contributed by atoms with Crippen molar-refractivity contribution in [3.63, 3.8) is 0 Å². The van der Waals surface area contributed by atoms with Crippen LogP contribution >= 0.6 is 0 Å². The topological polar surface area (TPSA) is 38.7 Å². The Balaban J connectivity index is 3.27. The molecule has 0 aliphatic carbocycles. The van der Waals surface area contributed by atoms with Crippen molar-refractivity contribution in [2.75, 3.05) is 7.11 Å². The Kier molecular flexibility index (Phi) is 5.68. The second-order valence-electron chi connectivity index (χ2n) is 2.28. The first-order chi connectivity index (χ1) is 4.70. The third-order valence-corrected chi connectivity index (χ3v) is 1.25. The molecule has 0 saturated carbocycles. The molecule has 4 heteroatoms. The van der Waals surface area contributed by atoms with E-state index in [2.05, 4.69) is 11.6 Å². The molecule has 0 heterocycles. The third kappa shape index (κ3) is 4.79. The number of hydrogen-bond donors (Lipinski definition) is 1. The fourth-order valence-corrected chi connectivity index (χ4v) is 0.729. The highest BCUT2D eigenvalue weighted by Gasteiger charge is 2.16. The van der Waals surface area contributed by atoms with Crippen molar-refractivity contribution in [2.24, 2.45) is 0 Å². The zero-order valence-corrected chi connectivity index (χ0v) is 6.83. The summed E-state index contributed by atoms with van der Waals surface area (Å²) in [7, 11) is 0.338. The lowest BCUT2D eigenvalue weighted by Gasteiger charge is -2.12. The molecule has 1 atom stereocenters. The SMILES string of the molecule is CCCC(C)OB(O)OC. The van der Waals surface area contributed by atoms with Crippen LogP contribution in [0.5, 0.6) is 0 Å². The van der Waals surface area contributed by atoms with Gasteiger partial charge in [0.25, 0.3) is 0 Å². The third-order valence-electron chi connectivity index (χ3n) is 1.25. The van der Waals surface area contributed by atoms with Crippen LogP contribution in [0.25, 0.3) is 0 Å². The summed E-state index contributed by atoms with van der Waals surface area (Å²) in [5, 5.41) is 8.81. The molecule has 0 saturated heterocycles. The molecule has 3 nitrogen and oxygen atoms in total. The molecule has 0 fully saturated rings. The second kappa shape index (κ2) is 5.71. The summed E-state index contributed by atoms with van der Waals surface area (Å²) in [5.41, 5.74) is 0. The Morgan fingerprint density at radius 3 is 2.60 bits per heavy atom. The van der Waals surface area contributed by atoms with E-state index in [1.165, 1.54) is 7.11 Å². The lowest BCUT2D eigenvalue weighted by molar-refractivity contribution is 0.106. The first-order valence-electron chi connectivity index (χ1n) is 3.57. The minimum atomic E-state index is -1.07. The summed E-state index contributed by atoms with van der Waals surface area (Å²) in [6.45, 7) is 3.98. The summed E-state index contributed by atoms with van der Waals surface area (Å²) in [6.07, 6.45) is 2.07. The predicted molar refractivity (Wildman–Crippen MR) is 40.4 cm³/mol. The molecule has 0 radical (unpaired) electrons. The Morgan fingerprint density at radius 2 is 2.20 bits per heavy atom. The van der Waals surface area contributed by atoms with E-state index in [4.69, 9.17) is 9.68 Å². The van der Waals surface area contributed by atoms with E-state index in [9.17, 15) is 0 Å². The van der Waals surface area contributed by atoms with Gasteiger partial charge in [-0.1, -0.05) is 13.3 Å². The molecule has 0 aromatic carbocycles. The summed E-state index contributed by atoms with van der Waals surface area (Å²) < 4.78 is 9.47. The van der Waals surface area contributed by atoms with Crippen LogP contribution in [0.3, 0.4) is 0 Å². The molecule has 60 valence electrons. The summed E-state index contributed by atoms with van der Waals surface area (Å²) in [5.74, 6) is 0. The van der Waals surface area contributed by atoms with E-state index in [1.54, 1.807) is 0 Å². The quantitative estimate of drug-likeness (QED) is 0.583. The summed E-state index contributed by atoms with van der Waals surface area (Å²) in [6, 6.07) is 0. The van der Waals surface area contributed by atoms with E-state index < -0.39 is 7.32 Å². The zero-order valence-electron chi connectivity index (χ0n) is 6.83. The first kappa shape index (κ1) is 9.94. The van der Waals surface area contributed by atoms with E-state index in [1.807, 2.05) is 6.92 Å². The summed E-state index contributed by atoms with van der Waals surface area (Å²) >= 11 is 0. The van der Waals surface area contributed by atoms with Gasteiger partial charge in [-0.05, 0) is 13.3 Å². The predicted octanol–water partition coefficient (Wildman–Crippen LogP) is 0.815. The standard InChI is InChI=1S/C6H15BO3/c1-4-5-6(2)10-7(8)9-3/h6,8H,4-5H2,1-3H3. The van der Waals surface area contributed by atoms with Crippen molar-refractivity contribution in [1.29, 1.82) is 0 Å². The average molecular weight is 146 g/mol. The van der Waals surface area contributed by atoms with Crippen molar-refractivity contribution in [3.8, 4) is 0 Å². The normalized spacial score (nSPS) is 13.2. The molecule has 0 bridgehead atoms. The van der Waals surface area contributed by atoms with Crippen LogP contribution in [0.15, 0.2) is 0 Å². The van der Waals surface area contributed by atoms with E-state index in [0.29, 0.717) is 0 Å². The highest BCUT2D eigenvalue weighted by molar-refractivity contribution is 6.34. The van der Waals surface area contributed by atoms with Gasteiger partial charge in [-0.3, -0.25) is 0 Å². The molecule has 0 aromatic heterocycles. The molecule has 0 rings (SSSR count). The monoisotopic (exact) mass is 146 g/mol. The van der Waals surface area contributed by atoms with E-state index in [-0.39, 0.29) is 6.10 Å². The molecular weight excluding hydrogens is 131 g/mol. The van der Waals surface area contributed by atoms with Gasteiger partial charge in [0.1, 0.15) is 0 Å². The maximum atomic E-state index is 8.81. The van der Waals surface area contributed by atoms with Gasteiger partial charge < -0.3 is 14.3 Å². The van der Waals surface area contributed by atoms with Crippen molar-refractivity contribution in [2.45, 2.75) is 32.8 Å². The maximum absolute atomic E-state index is 8.81. The Labute approximate surface area is 62.5 Å². The molecule has 10 heavy (non-hydrogen) atoms. The minimum Gasteiger partial charge on any atom is -0.402 e. The van der Waals surface area contributed by atoms with Gasteiger partial charge in [0, 0.05) is 13.2 Å². The van der Waals surface area contributed by atoms with Crippen molar-refractivity contribution in [1.82, 2.24) is 0 Å². The first-order valence-corrected chi connectivity index (χ1v) is 3.57. The Morgan fingerprint density at radius 1 is 1.60 bits per heavy atom. The molecule has 0 aromatic rings. The summed E-state index contributed by atoms with van der Waals surface area (Å²) in [4.78, 5) is 0. The number of hydrogen-bond acceptors (Lipinski definition) is 3. The molecule has 0 spiro atoms. The van der Waals surface area contributed by atoms with E-state index in [0.717, 1.165) is 12.8 Å². The fraction of sp³-hybridized carbons (Fsp3) is 1.00. The zero-order chi connectivity index (χ0) is 7.98. The van der Waals surface area contributed by atoms with Crippen molar-refractivity contribution >= 4 is 7.32 Å². The molecule has 0 aliphatic rings. The highest BCUT2D eigenvalue weighted by atomic mass is 16.7. The van der Waals surface area contributed by atoms with Gasteiger partial charge in [0.05, 0.1) is 0 Å². The van der Waals surface area contributed by atoms with E-state index >= 15 is 0 Å². The van der Waals surface area contributed by atoms with Crippen LogP contribution in [0, 0.1) is 0 Å².